The number of unbranched alkanes of at least 4 members (excludes halogenated alkanes) is 8. The van der Waals surface area contributed by atoms with Gasteiger partial charge in [0.25, 0.3) is 0 Å². The Hall–Kier alpha value is -1.08. The molecule has 1 saturated carbocycles. The molecule has 0 amide bonds. The molecule has 3 rings (SSSR count). The van der Waals surface area contributed by atoms with Gasteiger partial charge in [-0.2, -0.15) is 0 Å². The van der Waals surface area contributed by atoms with E-state index in [9.17, 15) is 0 Å². The van der Waals surface area contributed by atoms with Crippen LogP contribution in [0.3, 0.4) is 0 Å². The van der Waals surface area contributed by atoms with Gasteiger partial charge in [-0.15, -0.1) is 6.58 Å². The third kappa shape index (κ3) is 6.77. The highest BCUT2D eigenvalue weighted by Crippen LogP contribution is 2.70. The summed E-state index contributed by atoms with van der Waals surface area (Å²) in [6.45, 7) is 13.8. The minimum Gasteiger partial charge on any atom is -0.412 e. The van der Waals surface area contributed by atoms with Crippen LogP contribution in [-0.4, -0.2) is 5.48 Å². The van der Waals surface area contributed by atoms with E-state index in [-0.39, 0.29) is 5.48 Å². The van der Waals surface area contributed by atoms with Crippen molar-refractivity contribution < 1.29 is 5.48 Å². The van der Waals surface area contributed by atoms with E-state index in [1.165, 1.54) is 89.9 Å². The molecule has 1 fully saturated rings. The molecule has 1 nitrogen and oxygen atoms in total. The van der Waals surface area contributed by atoms with E-state index in [1.807, 2.05) is 23.6 Å². The lowest BCUT2D eigenvalue weighted by atomic mass is 9.49. The summed E-state index contributed by atoms with van der Waals surface area (Å²) in [6, 6.07) is 0. The van der Waals surface area contributed by atoms with Gasteiger partial charge in [-0.25, -0.2) is 0 Å². The maximum Gasteiger partial charge on any atom is 0.00446 e. The highest BCUT2D eigenvalue weighted by atomic mass is 16.0. The Morgan fingerprint density at radius 3 is 2.32 bits per heavy atom. The van der Waals surface area contributed by atoms with Crippen molar-refractivity contribution in [2.45, 2.75) is 118 Å². The molecule has 0 heterocycles. The summed E-state index contributed by atoms with van der Waals surface area (Å²) < 4.78 is 0. The molecular weight excluding hydrogens is 412 g/mol. The van der Waals surface area contributed by atoms with E-state index < -0.39 is 0 Å². The molecule has 3 aliphatic rings. The maximum atomic E-state index is 3.71. The molecule has 3 unspecified atom stereocenters. The van der Waals surface area contributed by atoms with E-state index >= 15 is 0 Å². The SMILES string of the molecule is C=C[CH]/C=C\C=C/CCCC1[C@@H]2CC3(C)C2=C(C[C@@H]1C)C(CCCCCCCCCC)[C@H]3C.O. The van der Waals surface area contributed by atoms with Crippen LogP contribution in [0.1, 0.15) is 118 Å². The van der Waals surface area contributed by atoms with Crippen LogP contribution in [-0.2, 0) is 0 Å². The molecule has 34 heavy (non-hydrogen) atoms. The van der Waals surface area contributed by atoms with Crippen LogP contribution in [0.2, 0.25) is 0 Å². The van der Waals surface area contributed by atoms with Gasteiger partial charge in [0.15, 0.2) is 0 Å². The lowest BCUT2D eigenvalue weighted by molar-refractivity contribution is 0.0550. The van der Waals surface area contributed by atoms with Crippen molar-refractivity contribution in [1.29, 1.82) is 0 Å². The molecule has 193 valence electrons. The van der Waals surface area contributed by atoms with Crippen molar-refractivity contribution in [3.05, 3.63) is 54.5 Å². The van der Waals surface area contributed by atoms with E-state index in [4.69, 9.17) is 0 Å². The largest absolute Gasteiger partial charge is 0.412 e. The Labute approximate surface area is 212 Å². The predicted octanol–water partition coefficient (Wildman–Crippen LogP) is 9.61. The molecular formula is C33H55O. The zero-order valence-corrected chi connectivity index (χ0v) is 23.0. The second-order valence-corrected chi connectivity index (χ2v) is 11.8. The molecule has 0 aromatic heterocycles. The summed E-state index contributed by atoms with van der Waals surface area (Å²) in [7, 11) is 0. The number of rotatable bonds is 16. The summed E-state index contributed by atoms with van der Waals surface area (Å²) in [6.07, 6.45) is 32.4. The van der Waals surface area contributed by atoms with Crippen LogP contribution in [0.4, 0.5) is 0 Å². The first-order valence-electron chi connectivity index (χ1n) is 14.6. The van der Waals surface area contributed by atoms with E-state index in [2.05, 4.69) is 58.6 Å². The third-order valence-electron chi connectivity index (χ3n) is 9.70. The maximum absolute atomic E-state index is 3.71. The summed E-state index contributed by atoms with van der Waals surface area (Å²) in [5, 5.41) is 0. The molecule has 2 N–H and O–H groups in total. The summed E-state index contributed by atoms with van der Waals surface area (Å²) >= 11 is 0. The lowest BCUT2D eigenvalue weighted by Gasteiger charge is -2.55. The van der Waals surface area contributed by atoms with Crippen LogP contribution in [0.25, 0.3) is 0 Å². The Balaban J connectivity index is 0.00000408. The summed E-state index contributed by atoms with van der Waals surface area (Å²) in [5.74, 6) is 4.53. The van der Waals surface area contributed by atoms with Crippen LogP contribution in [0.15, 0.2) is 48.1 Å². The second kappa shape index (κ2) is 14.5. The van der Waals surface area contributed by atoms with E-state index in [0.29, 0.717) is 5.41 Å². The predicted molar refractivity (Wildman–Crippen MR) is 151 cm³/mol. The zero-order chi connectivity index (χ0) is 23.7. The van der Waals surface area contributed by atoms with Gasteiger partial charge in [-0.05, 0) is 73.5 Å². The fraction of sp³-hybridized carbons (Fsp3) is 0.727. The van der Waals surface area contributed by atoms with Crippen LogP contribution < -0.4 is 0 Å². The molecule has 1 radical (unpaired) electrons. The van der Waals surface area contributed by atoms with Crippen LogP contribution >= 0.6 is 0 Å². The van der Waals surface area contributed by atoms with Crippen molar-refractivity contribution in [1.82, 2.24) is 0 Å². The van der Waals surface area contributed by atoms with Crippen molar-refractivity contribution in [2.75, 3.05) is 0 Å². The van der Waals surface area contributed by atoms with E-state index in [1.54, 1.807) is 0 Å². The minimum absolute atomic E-state index is 0. The molecule has 0 aliphatic heterocycles. The highest BCUT2D eigenvalue weighted by Gasteiger charge is 2.61. The monoisotopic (exact) mass is 467 g/mol. The normalized spacial score (nSPS) is 32.2. The number of allylic oxidation sites excluding steroid dienone is 7. The Morgan fingerprint density at radius 1 is 0.912 bits per heavy atom. The van der Waals surface area contributed by atoms with Gasteiger partial charge < -0.3 is 5.48 Å². The topological polar surface area (TPSA) is 31.5 Å². The van der Waals surface area contributed by atoms with Crippen molar-refractivity contribution in [3.63, 3.8) is 0 Å². The van der Waals surface area contributed by atoms with Gasteiger partial charge in [0.1, 0.15) is 0 Å². The standard InChI is InChI=1S/C33H53.H2O/c1-6-8-10-12-14-16-18-20-22-28-26(3)24-30-29(23-21-19-17-15-13-11-9-7-2)27(4)33(5)25-31(28)32(30)33;/h6,8,10,12,14,16,26-29,31H,1,7,9,11,13,15,17-25H2,2-5H3;1H2/b12-10-,16-14-;/t26-,27+,28?,29?,31-,33?;/m0./s1. The van der Waals surface area contributed by atoms with Gasteiger partial charge in [0.2, 0.25) is 0 Å². The molecule has 1 heteroatoms. The summed E-state index contributed by atoms with van der Waals surface area (Å²) in [4.78, 5) is 0. The molecule has 6 atom stereocenters. The second-order valence-electron chi connectivity index (χ2n) is 11.8. The van der Waals surface area contributed by atoms with Gasteiger partial charge in [0, 0.05) is 6.42 Å². The van der Waals surface area contributed by atoms with Crippen LogP contribution in [0.5, 0.6) is 0 Å². The zero-order valence-electron chi connectivity index (χ0n) is 23.0. The lowest BCUT2D eigenvalue weighted by Crippen LogP contribution is -2.46. The highest BCUT2D eigenvalue weighted by molar-refractivity contribution is 5.43. The molecule has 3 aliphatic carbocycles. The van der Waals surface area contributed by atoms with Crippen LogP contribution in [0, 0.1) is 41.4 Å². The van der Waals surface area contributed by atoms with Gasteiger partial charge in [-0.1, -0.05) is 121 Å². The van der Waals surface area contributed by atoms with E-state index in [0.717, 1.165) is 29.6 Å². The molecule has 0 aromatic rings. The Kier molecular flexibility index (Phi) is 12.4. The Morgan fingerprint density at radius 2 is 1.62 bits per heavy atom. The molecule has 0 saturated heterocycles. The molecule has 0 bridgehead atoms. The van der Waals surface area contributed by atoms with Crippen molar-refractivity contribution >= 4 is 0 Å². The average Bonchev–Trinajstić information content (AvgIpc) is 2.95. The fourth-order valence-corrected chi connectivity index (χ4v) is 7.73. The molecule has 0 aromatic carbocycles. The first-order valence-corrected chi connectivity index (χ1v) is 14.6. The van der Waals surface area contributed by atoms with Gasteiger partial charge >= 0.3 is 0 Å². The Bertz CT molecular complexity index is 697. The third-order valence-corrected chi connectivity index (χ3v) is 9.70. The summed E-state index contributed by atoms with van der Waals surface area (Å²) in [5.41, 5.74) is 4.48. The average molecular weight is 468 g/mol. The van der Waals surface area contributed by atoms with Crippen molar-refractivity contribution in [3.8, 4) is 0 Å². The van der Waals surface area contributed by atoms with Gasteiger partial charge in [-0.3, -0.25) is 0 Å². The quantitative estimate of drug-likeness (QED) is 0.123. The number of hydrogen-bond donors (Lipinski definition) is 0. The van der Waals surface area contributed by atoms with Gasteiger partial charge in [0.05, 0.1) is 0 Å². The first kappa shape index (κ1) is 29.2. The first-order chi connectivity index (χ1) is 16.0. The number of hydrogen-bond acceptors (Lipinski definition) is 0. The minimum atomic E-state index is 0. The molecule has 0 spiro atoms. The smallest absolute Gasteiger partial charge is 0.00446 e. The fourth-order valence-electron chi connectivity index (χ4n) is 7.73. The van der Waals surface area contributed by atoms with Crippen molar-refractivity contribution in [2.24, 2.45) is 35.0 Å².